The maximum atomic E-state index is 13.6. The average molecular weight is 411 g/mol. The van der Waals surface area contributed by atoms with Gasteiger partial charge in [-0.15, -0.1) is 0 Å². The molecular formula is C25H21N3O3. The summed E-state index contributed by atoms with van der Waals surface area (Å²) in [4.78, 5) is 34.5. The monoisotopic (exact) mass is 411 g/mol. The highest BCUT2D eigenvalue weighted by molar-refractivity contribution is 6.12. The lowest BCUT2D eigenvalue weighted by molar-refractivity contribution is 0.0597. The number of hydrogen-bond donors (Lipinski definition) is 1. The molecule has 3 aromatic carbocycles. The Labute approximate surface area is 180 Å². The molecule has 6 heteroatoms. The van der Waals surface area contributed by atoms with Gasteiger partial charge in [-0.05, 0) is 35.4 Å². The first-order valence-electron chi connectivity index (χ1n) is 9.79. The van der Waals surface area contributed by atoms with Crippen molar-refractivity contribution in [2.24, 2.45) is 0 Å². The fourth-order valence-corrected chi connectivity index (χ4v) is 3.39. The third-order valence-corrected chi connectivity index (χ3v) is 4.98. The predicted octanol–water partition coefficient (Wildman–Crippen LogP) is 4.71. The highest BCUT2D eigenvalue weighted by Gasteiger charge is 2.24. The summed E-state index contributed by atoms with van der Waals surface area (Å²) in [6.45, 7) is 0.277. The maximum Gasteiger partial charge on any atom is 0.338 e. The topological polar surface area (TPSA) is 75.3 Å². The number of imidazole rings is 1. The van der Waals surface area contributed by atoms with Crippen LogP contribution in [0, 0.1) is 0 Å². The molecule has 1 amide bonds. The quantitative estimate of drug-likeness (QED) is 0.466. The maximum absolute atomic E-state index is 13.6. The van der Waals surface area contributed by atoms with Crippen molar-refractivity contribution in [3.05, 3.63) is 108 Å². The third kappa shape index (κ3) is 4.38. The molecule has 1 aromatic heterocycles. The van der Waals surface area contributed by atoms with Crippen molar-refractivity contribution in [1.82, 2.24) is 9.97 Å². The van der Waals surface area contributed by atoms with Crippen molar-refractivity contribution in [2.45, 2.75) is 6.54 Å². The van der Waals surface area contributed by atoms with Gasteiger partial charge in [-0.2, -0.15) is 0 Å². The minimum absolute atomic E-state index is 0.227. The standard InChI is InChI=1S/C25H21N3O3/c1-31-25(30)23-10-6-5-9-22(23)24(29)28(16-20-15-26-17-27-20)21-13-11-19(12-14-21)18-7-3-2-4-8-18/h2-15,17H,16H2,1H3,(H,26,27). The van der Waals surface area contributed by atoms with E-state index in [1.807, 2.05) is 54.6 Å². The van der Waals surface area contributed by atoms with Crippen LogP contribution < -0.4 is 4.90 Å². The number of rotatable bonds is 6. The van der Waals surface area contributed by atoms with E-state index >= 15 is 0 Å². The molecule has 0 radical (unpaired) electrons. The number of benzene rings is 3. The Morgan fingerprint density at radius 2 is 1.52 bits per heavy atom. The van der Waals surface area contributed by atoms with Crippen LogP contribution in [0.4, 0.5) is 5.69 Å². The van der Waals surface area contributed by atoms with Crippen LogP contribution in [0.3, 0.4) is 0 Å². The number of anilines is 1. The number of H-pyrrole nitrogens is 1. The van der Waals surface area contributed by atoms with E-state index in [1.54, 1.807) is 41.7 Å². The molecule has 0 unspecified atom stereocenters. The molecule has 0 fully saturated rings. The molecule has 4 rings (SSSR count). The lowest BCUT2D eigenvalue weighted by Gasteiger charge is -2.23. The van der Waals surface area contributed by atoms with Crippen LogP contribution in [0.25, 0.3) is 11.1 Å². The van der Waals surface area contributed by atoms with E-state index in [0.717, 1.165) is 16.8 Å². The summed E-state index contributed by atoms with van der Waals surface area (Å²) in [5, 5.41) is 0. The van der Waals surface area contributed by atoms with Gasteiger partial charge in [0.15, 0.2) is 0 Å². The Hall–Kier alpha value is -4.19. The molecule has 0 saturated heterocycles. The summed E-state index contributed by atoms with van der Waals surface area (Å²) in [6, 6.07) is 24.4. The molecule has 0 aliphatic heterocycles. The van der Waals surface area contributed by atoms with E-state index in [0.29, 0.717) is 5.69 Å². The number of carbonyl (C=O) groups excluding carboxylic acids is 2. The van der Waals surface area contributed by atoms with Crippen molar-refractivity contribution in [2.75, 3.05) is 12.0 Å². The molecule has 1 N–H and O–H groups in total. The molecule has 0 bridgehead atoms. The smallest absolute Gasteiger partial charge is 0.338 e. The van der Waals surface area contributed by atoms with Gasteiger partial charge in [0, 0.05) is 11.9 Å². The second kappa shape index (κ2) is 9.09. The first kappa shape index (κ1) is 20.1. The molecule has 4 aromatic rings. The number of esters is 1. The average Bonchev–Trinajstić information content (AvgIpc) is 3.36. The van der Waals surface area contributed by atoms with E-state index in [2.05, 4.69) is 9.97 Å². The number of nitrogens with one attached hydrogen (secondary N) is 1. The van der Waals surface area contributed by atoms with Crippen LogP contribution in [-0.4, -0.2) is 29.0 Å². The molecule has 154 valence electrons. The highest BCUT2D eigenvalue weighted by Crippen LogP contribution is 2.26. The second-order valence-electron chi connectivity index (χ2n) is 6.92. The van der Waals surface area contributed by atoms with Crippen molar-refractivity contribution < 1.29 is 14.3 Å². The van der Waals surface area contributed by atoms with Crippen molar-refractivity contribution in [3.8, 4) is 11.1 Å². The van der Waals surface area contributed by atoms with E-state index in [9.17, 15) is 9.59 Å². The summed E-state index contributed by atoms with van der Waals surface area (Å²) >= 11 is 0. The Bertz CT molecular complexity index is 1170. The zero-order valence-corrected chi connectivity index (χ0v) is 17.0. The van der Waals surface area contributed by atoms with Crippen molar-refractivity contribution in [1.29, 1.82) is 0 Å². The number of hydrogen-bond acceptors (Lipinski definition) is 4. The van der Waals surface area contributed by atoms with Crippen LogP contribution in [0.1, 0.15) is 26.4 Å². The number of ether oxygens (including phenoxy) is 1. The Morgan fingerprint density at radius 3 is 2.16 bits per heavy atom. The minimum atomic E-state index is -0.551. The van der Waals surface area contributed by atoms with Gasteiger partial charge in [-0.3, -0.25) is 4.79 Å². The number of aromatic amines is 1. The van der Waals surface area contributed by atoms with Crippen LogP contribution in [0.2, 0.25) is 0 Å². The van der Waals surface area contributed by atoms with Gasteiger partial charge in [0.05, 0.1) is 36.8 Å². The number of nitrogens with zero attached hydrogens (tertiary/aromatic N) is 2. The Kier molecular flexibility index (Phi) is 5.89. The third-order valence-electron chi connectivity index (χ3n) is 4.98. The summed E-state index contributed by atoms with van der Waals surface area (Å²) in [5.41, 5.74) is 4.13. The van der Waals surface area contributed by atoms with Gasteiger partial charge in [-0.25, -0.2) is 9.78 Å². The molecular weight excluding hydrogens is 390 g/mol. The van der Waals surface area contributed by atoms with Gasteiger partial charge in [-0.1, -0.05) is 54.6 Å². The summed E-state index contributed by atoms with van der Waals surface area (Å²) in [6.07, 6.45) is 3.24. The fraction of sp³-hybridized carbons (Fsp3) is 0.0800. The van der Waals surface area contributed by atoms with Crippen LogP contribution >= 0.6 is 0 Å². The molecule has 0 aliphatic carbocycles. The van der Waals surface area contributed by atoms with E-state index in [1.165, 1.54) is 7.11 Å². The fourth-order valence-electron chi connectivity index (χ4n) is 3.39. The van der Waals surface area contributed by atoms with Crippen molar-refractivity contribution in [3.63, 3.8) is 0 Å². The predicted molar refractivity (Wildman–Crippen MR) is 119 cm³/mol. The van der Waals surface area contributed by atoms with Crippen LogP contribution in [-0.2, 0) is 11.3 Å². The minimum Gasteiger partial charge on any atom is -0.465 e. The van der Waals surface area contributed by atoms with Gasteiger partial charge in [0.25, 0.3) is 5.91 Å². The molecule has 0 spiro atoms. The van der Waals surface area contributed by atoms with E-state index in [-0.39, 0.29) is 23.6 Å². The van der Waals surface area contributed by atoms with Gasteiger partial charge >= 0.3 is 5.97 Å². The van der Waals surface area contributed by atoms with Crippen LogP contribution in [0.15, 0.2) is 91.4 Å². The van der Waals surface area contributed by atoms with Crippen molar-refractivity contribution >= 4 is 17.6 Å². The number of aromatic nitrogens is 2. The van der Waals surface area contributed by atoms with Gasteiger partial charge in [0.2, 0.25) is 0 Å². The summed E-state index contributed by atoms with van der Waals surface area (Å²) in [7, 11) is 1.30. The lowest BCUT2D eigenvalue weighted by Crippen LogP contribution is -2.32. The number of methoxy groups -OCH3 is 1. The summed E-state index contributed by atoms with van der Waals surface area (Å²) < 4.78 is 4.86. The Balaban J connectivity index is 1.72. The molecule has 0 atom stereocenters. The SMILES string of the molecule is COC(=O)c1ccccc1C(=O)N(Cc1cnc[nH]1)c1ccc(-c2ccccc2)cc1. The molecule has 0 saturated carbocycles. The van der Waals surface area contributed by atoms with Gasteiger partial charge in [0.1, 0.15) is 0 Å². The number of amides is 1. The Morgan fingerprint density at radius 1 is 0.871 bits per heavy atom. The normalized spacial score (nSPS) is 10.5. The molecule has 6 nitrogen and oxygen atoms in total. The first-order chi connectivity index (χ1) is 15.2. The molecule has 1 heterocycles. The molecule has 0 aliphatic rings. The number of carbonyl (C=O) groups is 2. The van der Waals surface area contributed by atoms with Crippen LogP contribution in [0.5, 0.6) is 0 Å². The van der Waals surface area contributed by atoms with E-state index < -0.39 is 5.97 Å². The largest absolute Gasteiger partial charge is 0.465 e. The second-order valence-corrected chi connectivity index (χ2v) is 6.92. The summed E-state index contributed by atoms with van der Waals surface area (Å²) in [5.74, 6) is -0.854. The zero-order valence-electron chi connectivity index (χ0n) is 17.0. The van der Waals surface area contributed by atoms with E-state index in [4.69, 9.17) is 4.74 Å². The molecule has 31 heavy (non-hydrogen) atoms. The first-order valence-corrected chi connectivity index (χ1v) is 9.79. The zero-order chi connectivity index (χ0) is 21.6. The lowest BCUT2D eigenvalue weighted by atomic mass is 10.0. The van der Waals surface area contributed by atoms with Gasteiger partial charge < -0.3 is 14.6 Å². The highest BCUT2D eigenvalue weighted by atomic mass is 16.5.